The quantitative estimate of drug-likeness (QED) is 0.204. The summed E-state index contributed by atoms with van der Waals surface area (Å²) in [7, 11) is 0. The Hall–Kier alpha value is -3.34. The summed E-state index contributed by atoms with van der Waals surface area (Å²) in [5.41, 5.74) is 3.73. The molecular weight excluding hydrogens is 574 g/mol. The van der Waals surface area contributed by atoms with Crippen LogP contribution >= 0.6 is 0 Å². The maximum Gasteiger partial charge on any atom is 0.410 e. The molecule has 0 radical (unpaired) electrons. The molecule has 2 aromatic carbocycles. The van der Waals surface area contributed by atoms with Crippen LogP contribution in [-0.4, -0.2) is 61.8 Å². The summed E-state index contributed by atoms with van der Waals surface area (Å²) >= 11 is 0. The van der Waals surface area contributed by atoms with E-state index in [1.165, 1.54) is 19.3 Å². The zero-order valence-corrected chi connectivity index (χ0v) is 26.8. The van der Waals surface area contributed by atoms with E-state index in [0.29, 0.717) is 46.1 Å². The summed E-state index contributed by atoms with van der Waals surface area (Å²) in [6.45, 7) is 7.74. The van der Waals surface area contributed by atoms with Crippen LogP contribution in [0, 0.1) is 0 Å². The Morgan fingerprint density at radius 1 is 0.978 bits per heavy atom. The van der Waals surface area contributed by atoms with E-state index in [0.717, 1.165) is 66.7 Å². The zero-order chi connectivity index (χ0) is 31.5. The number of rotatable bonds is 15. The Kier molecular flexibility index (Phi) is 12.0. The lowest BCUT2D eigenvalue weighted by Gasteiger charge is -2.32. The third-order valence-corrected chi connectivity index (χ3v) is 8.51. The number of hydrogen-bond donors (Lipinski definition) is 2. The summed E-state index contributed by atoms with van der Waals surface area (Å²) < 4.78 is 28.8. The number of cyclic esters (lactones) is 1. The maximum atomic E-state index is 12.4. The summed E-state index contributed by atoms with van der Waals surface area (Å²) in [5.74, 6) is 0.188. The molecule has 1 unspecified atom stereocenters. The minimum absolute atomic E-state index is 0.141. The number of amides is 3. The molecule has 1 aliphatic carbocycles. The van der Waals surface area contributed by atoms with E-state index in [9.17, 15) is 9.59 Å². The van der Waals surface area contributed by atoms with Crippen LogP contribution in [0.15, 0.2) is 42.5 Å². The van der Waals surface area contributed by atoms with Crippen LogP contribution in [0.4, 0.5) is 15.3 Å². The molecule has 0 spiro atoms. The largest absolute Gasteiger partial charge is 0.463 e. The molecule has 2 aliphatic heterocycles. The number of benzene rings is 2. The van der Waals surface area contributed by atoms with Gasteiger partial charge in [0, 0.05) is 44.3 Å². The molecule has 1 saturated heterocycles. The van der Waals surface area contributed by atoms with Gasteiger partial charge in [-0.25, -0.2) is 9.59 Å². The standard InChI is InChI=1S/C35H49N3O7/c1-35(2)43-25-28-22-27(15-16-31(28)45-35)32-23-38(34(40)44-32)17-8-3-4-9-18-41-19-20-42-24-26-11-10-14-30(21-26)37-33(39)36-29-12-6-5-7-13-29/h10-11,14-16,21-22,29,32H,3-9,12-13,17-20,23-25H2,1-2H3,(H2,36,37,39). The van der Waals surface area contributed by atoms with E-state index in [1.54, 1.807) is 4.90 Å². The molecular formula is C35H49N3O7. The molecule has 2 aromatic rings. The summed E-state index contributed by atoms with van der Waals surface area (Å²) in [5, 5.41) is 6.02. The SMILES string of the molecule is CC1(C)OCc2cc(C3CN(CCCCCCOCCOCc4cccc(NC(=O)NC5CCCCC5)c4)C(=O)O3)ccc2O1. The molecule has 45 heavy (non-hydrogen) atoms. The molecule has 246 valence electrons. The van der Waals surface area contributed by atoms with Crippen molar-refractivity contribution < 1.29 is 33.3 Å². The highest BCUT2D eigenvalue weighted by Gasteiger charge is 2.33. The van der Waals surface area contributed by atoms with Gasteiger partial charge in [-0.2, -0.15) is 0 Å². The molecule has 10 nitrogen and oxygen atoms in total. The zero-order valence-electron chi connectivity index (χ0n) is 26.8. The summed E-state index contributed by atoms with van der Waals surface area (Å²) in [6.07, 6.45) is 9.21. The van der Waals surface area contributed by atoms with Crippen molar-refractivity contribution in [2.45, 2.75) is 103 Å². The lowest BCUT2D eigenvalue weighted by molar-refractivity contribution is -0.180. The monoisotopic (exact) mass is 623 g/mol. The Morgan fingerprint density at radius 3 is 2.67 bits per heavy atom. The summed E-state index contributed by atoms with van der Waals surface area (Å²) in [6, 6.07) is 13.8. The molecule has 2 fully saturated rings. The van der Waals surface area contributed by atoms with E-state index in [1.807, 2.05) is 56.3 Å². The Bertz CT molecular complexity index is 1260. The second-order valence-corrected chi connectivity index (χ2v) is 12.7. The number of fused-ring (bicyclic) bond motifs is 1. The van der Waals surface area contributed by atoms with Crippen molar-refractivity contribution in [1.82, 2.24) is 10.2 Å². The van der Waals surface area contributed by atoms with Gasteiger partial charge in [-0.05, 0) is 61.1 Å². The lowest BCUT2D eigenvalue weighted by Crippen LogP contribution is -2.39. The minimum Gasteiger partial charge on any atom is -0.463 e. The first-order chi connectivity index (χ1) is 21.8. The number of nitrogens with one attached hydrogen (secondary N) is 2. The van der Waals surface area contributed by atoms with Crippen LogP contribution in [0.5, 0.6) is 5.75 Å². The number of unbranched alkanes of at least 4 members (excludes halogenated alkanes) is 3. The first-order valence-electron chi connectivity index (χ1n) is 16.6. The predicted octanol–water partition coefficient (Wildman–Crippen LogP) is 7.07. The first-order valence-corrected chi connectivity index (χ1v) is 16.6. The smallest absolute Gasteiger partial charge is 0.410 e. The number of nitrogens with zero attached hydrogens (tertiary/aromatic N) is 1. The number of hydrogen-bond acceptors (Lipinski definition) is 7. The fourth-order valence-electron chi connectivity index (χ4n) is 6.03. The fourth-order valence-corrected chi connectivity index (χ4v) is 6.03. The Balaban J connectivity index is 0.878. The van der Waals surface area contributed by atoms with Gasteiger partial charge in [-0.1, -0.05) is 50.3 Å². The number of carbonyl (C=O) groups excluding carboxylic acids is 2. The van der Waals surface area contributed by atoms with Crippen LogP contribution in [0.3, 0.4) is 0 Å². The van der Waals surface area contributed by atoms with Gasteiger partial charge in [0.15, 0.2) is 0 Å². The van der Waals surface area contributed by atoms with Crippen molar-refractivity contribution in [1.29, 1.82) is 0 Å². The van der Waals surface area contributed by atoms with E-state index in [-0.39, 0.29) is 24.3 Å². The minimum atomic E-state index is -0.631. The number of ether oxygens (including phenoxy) is 5. The highest BCUT2D eigenvalue weighted by Crippen LogP contribution is 2.35. The molecule has 1 saturated carbocycles. The van der Waals surface area contributed by atoms with Gasteiger partial charge in [0.2, 0.25) is 5.79 Å². The van der Waals surface area contributed by atoms with Gasteiger partial charge >= 0.3 is 12.1 Å². The van der Waals surface area contributed by atoms with Crippen molar-refractivity contribution in [3.63, 3.8) is 0 Å². The number of urea groups is 1. The highest BCUT2D eigenvalue weighted by atomic mass is 16.7. The Morgan fingerprint density at radius 2 is 1.80 bits per heavy atom. The topological polar surface area (TPSA) is 108 Å². The van der Waals surface area contributed by atoms with Crippen LogP contribution in [0.25, 0.3) is 0 Å². The van der Waals surface area contributed by atoms with Crippen molar-refractivity contribution in [2.24, 2.45) is 0 Å². The van der Waals surface area contributed by atoms with Crippen molar-refractivity contribution in [3.05, 3.63) is 59.2 Å². The third kappa shape index (κ3) is 10.3. The maximum absolute atomic E-state index is 12.4. The van der Waals surface area contributed by atoms with Gasteiger partial charge in [-0.15, -0.1) is 0 Å². The average Bonchev–Trinajstić information content (AvgIpc) is 3.39. The molecule has 10 heteroatoms. The third-order valence-electron chi connectivity index (χ3n) is 8.51. The van der Waals surface area contributed by atoms with E-state index in [2.05, 4.69) is 10.6 Å². The van der Waals surface area contributed by atoms with Crippen molar-refractivity contribution >= 4 is 17.8 Å². The molecule has 0 aromatic heterocycles. The average molecular weight is 624 g/mol. The summed E-state index contributed by atoms with van der Waals surface area (Å²) in [4.78, 5) is 26.6. The highest BCUT2D eigenvalue weighted by molar-refractivity contribution is 5.89. The normalized spacial score (nSPS) is 19.5. The van der Waals surface area contributed by atoms with Crippen LogP contribution in [0.1, 0.15) is 94.4 Å². The van der Waals surface area contributed by atoms with Gasteiger partial charge in [0.1, 0.15) is 11.9 Å². The first kappa shape index (κ1) is 33.0. The van der Waals surface area contributed by atoms with Gasteiger partial charge in [0.25, 0.3) is 0 Å². The van der Waals surface area contributed by atoms with Crippen LogP contribution in [-0.2, 0) is 32.2 Å². The molecule has 5 rings (SSSR count). The van der Waals surface area contributed by atoms with Crippen molar-refractivity contribution in [2.75, 3.05) is 38.2 Å². The molecule has 2 N–H and O–H groups in total. The van der Waals surface area contributed by atoms with Crippen LogP contribution in [0.2, 0.25) is 0 Å². The van der Waals surface area contributed by atoms with Crippen LogP contribution < -0.4 is 15.4 Å². The van der Waals surface area contributed by atoms with E-state index >= 15 is 0 Å². The van der Waals surface area contributed by atoms with Gasteiger partial charge < -0.3 is 39.2 Å². The number of anilines is 1. The van der Waals surface area contributed by atoms with Crippen molar-refractivity contribution in [3.8, 4) is 5.75 Å². The second kappa shape index (κ2) is 16.3. The molecule has 0 bridgehead atoms. The molecule has 3 amide bonds. The van der Waals surface area contributed by atoms with Gasteiger partial charge in [0.05, 0.1) is 33.0 Å². The van der Waals surface area contributed by atoms with Gasteiger partial charge in [-0.3, -0.25) is 0 Å². The molecule has 3 aliphatic rings. The van der Waals surface area contributed by atoms with E-state index in [4.69, 9.17) is 23.7 Å². The Labute approximate surface area is 267 Å². The fraction of sp³-hybridized carbons (Fsp3) is 0.600. The second-order valence-electron chi connectivity index (χ2n) is 12.7. The lowest BCUT2D eigenvalue weighted by atomic mass is 9.96. The number of carbonyl (C=O) groups is 2. The molecule has 1 atom stereocenters. The predicted molar refractivity (Wildman–Crippen MR) is 171 cm³/mol. The molecule has 2 heterocycles. The van der Waals surface area contributed by atoms with E-state index < -0.39 is 5.79 Å².